The number of rotatable bonds is 5. The minimum absolute atomic E-state index is 0.0275. The second kappa shape index (κ2) is 5.13. The van der Waals surface area contributed by atoms with Crippen LogP contribution in [0.3, 0.4) is 0 Å². The van der Waals surface area contributed by atoms with Crippen molar-refractivity contribution < 1.29 is 18.4 Å². The third kappa shape index (κ3) is 3.88. The van der Waals surface area contributed by atoms with Crippen molar-refractivity contribution in [2.45, 2.75) is 25.5 Å². The molecule has 0 aromatic carbocycles. The predicted octanol–water partition coefficient (Wildman–Crippen LogP) is 0.300. The first-order valence-corrected chi connectivity index (χ1v) is 4.41. The molecule has 5 nitrogen and oxygen atoms in total. The highest BCUT2D eigenvalue weighted by Crippen LogP contribution is 2.08. The molecule has 7 heteroatoms. The Kier molecular flexibility index (Phi) is 4.10. The molecule has 0 fully saturated rings. The van der Waals surface area contributed by atoms with Crippen molar-refractivity contribution in [2.24, 2.45) is 0 Å². The van der Waals surface area contributed by atoms with Gasteiger partial charge in [-0.1, -0.05) is 5.16 Å². The van der Waals surface area contributed by atoms with Crippen LogP contribution in [0.25, 0.3) is 0 Å². The quantitative estimate of drug-likeness (QED) is 0.774. The average molecular weight is 221 g/mol. The van der Waals surface area contributed by atoms with Crippen molar-refractivity contribution >= 4 is 0 Å². The van der Waals surface area contributed by atoms with Crippen LogP contribution in [0.2, 0.25) is 0 Å². The zero-order valence-corrected chi connectivity index (χ0v) is 8.52. The zero-order valence-electron chi connectivity index (χ0n) is 8.52. The lowest BCUT2D eigenvalue weighted by atomic mass is 10.2. The van der Waals surface area contributed by atoms with Gasteiger partial charge in [0.15, 0.2) is 5.82 Å². The number of hydrogen-bond donors (Lipinski definition) is 1. The van der Waals surface area contributed by atoms with Crippen LogP contribution >= 0.6 is 0 Å². The lowest BCUT2D eigenvalue weighted by molar-refractivity contribution is -0.00754. The first kappa shape index (κ1) is 12.0. The second-order valence-corrected chi connectivity index (χ2v) is 3.45. The molecular formula is C8H13F2N3O2. The molecule has 1 atom stereocenters. The van der Waals surface area contributed by atoms with Crippen molar-refractivity contribution in [3.63, 3.8) is 0 Å². The topological polar surface area (TPSA) is 62.4 Å². The van der Waals surface area contributed by atoms with Crippen molar-refractivity contribution in [3.05, 3.63) is 11.7 Å². The molecule has 1 heterocycles. The maximum absolute atomic E-state index is 12.0. The van der Waals surface area contributed by atoms with Gasteiger partial charge in [-0.2, -0.15) is 4.98 Å². The largest absolute Gasteiger partial charge is 0.387 e. The Hall–Kier alpha value is -1.08. The van der Waals surface area contributed by atoms with Gasteiger partial charge in [0.1, 0.15) is 6.10 Å². The lowest BCUT2D eigenvalue weighted by Crippen LogP contribution is -2.20. The van der Waals surface area contributed by atoms with E-state index in [0.29, 0.717) is 12.4 Å². The summed E-state index contributed by atoms with van der Waals surface area (Å²) in [5.41, 5.74) is 0. The molecule has 1 rings (SSSR count). The van der Waals surface area contributed by atoms with E-state index < -0.39 is 12.5 Å². The Labute approximate surface area is 85.7 Å². The molecule has 0 saturated heterocycles. The summed E-state index contributed by atoms with van der Waals surface area (Å²) in [4.78, 5) is 5.68. The molecule has 1 unspecified atom stereocenters. The molecule has 0 bridgehead atoms. The summed E-state index contributed by atoms with van der Waals surface area (Å²) in [6.45, 7) is 0.467. The van der Waals surface area contributed by atoms with Gasteiger partial charge in [-0.3, -0.25) is 0 Å². The zero-order chi connectivity index (χ0) is 11.4. The van der Waals surface area contributed by atoms with Crippen LogP contribution in [0.4, 0.5) is 8.78 Å². The first-order valence-electron chi connectivity index (χ1n) is 4.41. The Morgan fingerprint density at radius 3 is 2.67 bits per heavy atom. The number of hydrogen-bond acceptors (Lipinski definition) is 5. The highest BCUT2D eigenvalue weighted by Gasteiger charge is 2.20. The predicted molar refractivity (Wildman–Crippen MR) is 47.4 cm³/mol. The third-order valence-corrected chi connectivity index (χ3v) is 1.64. The Bertz CT molecular complexity index is 304. The fourth-order valence-corrected chi connectivity index (χ4v) is 0.988. The van der Waals surface area contributed by atoms with E-state index in [9.17, 15) is 8.78 Å². The number of alkyl halides is 2. The van der Waals surface area contributed by atoms with Crippen molar-refractivity contribution in [1.29, 1.82) is 0 Å². The summed E-state index contributed by atoms with van der Waals surface area (Å²) >= 11 is 0. The standard InChI is InChI=1S/C8H13F2N3O2/c1-13(2)4-6-11-7(15-12-6)3-5(14)8(9)10/h5,8,14H,3-4H2,1-2H3. The summed E-state index contributed by atoms with van der Waals surface area (Å²) in [5, 5.41) is 12.5. The molecule has 0 radical (unpaired) electrons. The van der Waals surface area contributed by atoms with Crippen LogP contribution in [0.15, 0.2) is 4.52 Å². The van der Waals surface area contributed by atoms with Crippen LogP contribution in [0.5, 0.6) is 0 Å². The summed E-state index contributed by atoms with van der Waals surface area (Å²) in [7, 11) is 3.65. The molecule has 86 valence electrons. The minimum atomic E-state index is -2.80. The molecule has 0 amide bonds. The molecule has 0 aliphatic rings. The van der Waals surface area contributed by atoms with Gasteiger partial charge in [-0.05, 0) is 14.1 Å². The molecule has 0 aliphatic carbocycles. The Morgan fingerprint density at radius 1 is 1.47 bits per heavy atom. The van der Waals surface area contributed by atoms with Crippen molar-refractivity contribution in [1.82, 2.24) is 15.0 Å². The molecule has 1 aromatic rings. The smallest absolute Gasteiger partial charge is 0.264 e. The second-order valence-electron chi connectivity index (χ2n) is 3.45. The third-order valence-electron chi connectivity index (χ3n) is 1.64. The number of aromatic nitrogens is 2. The van der Waals surface area contributed by atoms with E-state index in [4.69, 9.17) is 9.63 Å². The first-order chi connectivity index (χ1) is 6.99. The van der Waals surface area contributed by atoms with Gasteiger partial charge in [-0.15, -0.1) is 0 Å². The summed E-state index contributed by atoms with van der Waals surface area (Å²) < 4.78 is 28.7. The van der Waals surface area contributed by atoms with E-state index in [0.717, 1.165) is 0 Å². The normalized spacial score (nSPS) is 13.8. The van der Waals surface area contributed by atoms with Gasteiger partial charge >= 0.3 is 0 Å². The number of nitrogens with zero attached hydrogens (tertiary/aromatic N) is 3. The number of aliphatic hydroxyl groups excluding tert-OH is 1. The Balaban J connectivity index is 2.53. The summed E-state index contributed by atoms with van der Waals surface area (Å²) in [6, 6.07) is 0. The van der Waals surface area contributed by atoms with Crippen LogP contribution in [-0.4, -0.2) is 46.8 Å². The lowest BCUT2D eigenvalue weighted by Gasteiger charge is -2.05. The van der Waals surface area contributed by atoms with Gasteiger partial charge < -0.3 is 14.5 Å². The van der Waals surface area contributed by atoms with E-state index >= 15 is 0 Å². The molecule has 1 aromatic heterocycles. The van der Waals surface area contributed by atoms with E-state index in [1.165, 1.54) is 0 Å². The van der Waals surface area contributed by atoms with Crippen molar-refractivity contribution in [2.75, 3.05) is 14.1 Å². The molecule has 0 spiro atoms. The van der Waals surface area contributed by atoms with E-state index in [1.54, 1.807) is 0 Å². The highest BCUT2D eigenvalue weighted by atomic mass is 19.3. The van der Waals surface area contributed by atoms with Gasteiger partial charge in [0.25, 0.3) is 6.43 Å². The molecular weight excluding hydrogens is 208 g/mol. The van der Waals surface area contributed by atoms with E-state index in [-0.39, 0.29) is 12.3 Å². The van der Waals surface area contributed by atoms with Gasteiger partial charge in [0.2, 0.25) is 5.89 Å². The monoisotopic (exact) mass is 221 g/mol. The van der Waals surface area contributed by atoms with Gasteiger partial charge in [0.05, 0.1) is 13.0 Å². The van der Waals surface area contributed by atoms with Crippen molar-refractivity contribution in [3.8, 4) is 0 Å². The highest BCUT2D eigenvalue weighted by molar-refractivity contribution is 4.88. The fraction of sp³-hybridized carbons (Fsp3) is 0.750. The minimum Gasteiger partial charge on any atom is -0.387 e. The SMILES string of the molecule is CN(C)Cc1noc(CC(O)C(F)F)n1. The van der Waals surface area contributed by atoms with Crippen LogP contribution < -0.4 is 0 Å². The molecule has 0 saturated carbocycles. The Morgan fingerprint density at radius 2 is 2.13 bits per heavy atom. The molecule has 1 N–H and O–H groups in total. The van der Waals surface area contributed by atoms with Crippen LogP contribution in [0, 0.1) is 0 Å². The maximum Gasteiger partial charge on any atom is 0.264 e. The number of halogens is 2. The summed E-state index contributed by atoms with van der Waals surface area (Å²) in [5.74, 6) is 0.441. The maximum atomic E-state index is 12.0. The molecule has 0 aliphatic heterocycles. The fourth-order valence-electron chi connectivity index (χ4n) is 0.988. The number of aliphatic hydroxyl groups is 1. The van der Waals surface area contributed by atoms with E-state index in [1.807, 2.05) is 19.0 Å². The van der Waals surface area contributed by atoms with Gasteiger partial charge in [0, 0.05) is 0 Å². The molecule has 15 heavy (non-hydrogen) atoms. The summed E-state index contributed by atoms with van der Waals surface area (Å²) in [6.07, 6.45) is -4.87. The average Bonchev–Trinajstić information content (AvgIpc) is 2.51. The van der Waals surface area contributed by atoms with E-state index in [2.05, 4.69) is 10.1 Å². The van der Waals surface area contributed by atoms with Crippen LogP contribution in [-0.2, 0) is 13.0 Å². The van der Waals surface area contributed by atoms with Gasteiger partial charge in [-0.25, -0.2) is 8.78 Å². The van der Waals surface area contributed by atoms with Crippen LogP contribution in [0.1, 0.15) is 11.7 Å².